The number of hydrogen-bond donors (Lipinski definition) is 1. The minimum atomic E-state index is -0.356. The van der Waals surface area contributed by atoms with Crippen LogP contribution in [-0.2, 0) is 14.2 Å². The zero-order chi connectivity index (χ0) is 21.8. The molecule has 1 N–H and O–H groups in total. The first-order valence-electron chi connectivity index (χ1n) is 9.20. The second-order valence-corrected chi connectivity index (χ2v) is 5.97. The van der Waals surface area contributed by atoms with Crippen LogP contribution in [0.2, 0.25) is 0 Å². The summed E-state index contributed by atoms with van der Waals surface area (Å²) in [6.45, 7) is 8.07. The molecule has 0 amide bonds. The molecule has 0 saturated carbocycles. The SMILES string of the molecule is CCOC(=O)c1ccc(O)c(C)c1.CCOC(=O)c1ccc(OCOC)c(C)c1. The number of aryl methyl sites for hydroxylation is 2. The highest BCUT2D eigenvalue weighted by Crippen LogP contribution is 2.19. The largest absolute Gasteiger partial charge is 0.508 e. The van der Waals surface area contributed by atoms with Crippen LogP contribution < -0.4 is 4.74 Å². The van der Waals surface area contributed by atoms with E-state index in [-0.39, 0.29) is 24.5 Å². The standard InChI is InChI=1S/C12H16O4.C10H12O3/c1-4-15-12(13)10-5-6-11(9(2)7-10)16-8-14-3;1-3-13-10(12)8-4-5-9(11)7(2)6-8/h5-7H,4,8H2,1-3H3;4-6,11H,3H2,1-2H3. The molecule has 0 saturated heterocycles. The highest BCUT2D eigenvalue weighted by molar-refractivity contribution is 5.90. The molecular weight excluding hydrogens is 376 g/mol. The predicted octanol–water partition coefficient (Wildman–Crippen LogP) is 4.03. The van der Waals surface area contributed by atoms with Crippen molar-refractivity contribution in [3.8, 4) is 11.5 Å². The van der Waals surface area contributed by atoms with Crippen molar-refractivity contribution in [1.29, 1.82) is 0 Å². The number of ether oxygens (including phenoxy) is 4. The normalized spacial score (nSPS) is 9.83. The fourth-order valence-electron chi connectivity index (χ4n) is 2.27. The van der Waals surface area contributed by atoms with Crippen molar-refractivity contribution in [1.82, 2.24) is 0 Å². The van der Waals surface area contributed by atoms with Crippen LogP contribution in [0.25, 0.3) is 0 Å². The van der Waals surface area contributed by atoms with Gasteiger partial charge >= 0.3 is 11.9 Å². The number of aromatic hydroxyl groups is 1. The topological polar surface area (TPSA) is 91.3 Å². The Labute approximate surface area is 171 Å². The summed E-state index contributed by atoms with van der Waals surface area (Å²) in [6.07, 6.45) is 0. The number of esters is 2. The Hall–Kier alpha value is -3.06. The fourth-order valence-corrected chi connectivity index (χ4v) is 2.27. The number of methoxy groups -OCH3 is 1. The Bertz CT molecular complexity index is 815. The van der Waals surface area contributed by atoms with E-state index in [2.05, 4.69) is 0 Å². The van der Waals surface area contributed by atoms with Gasteiger partial charge in [0.15, 0.2) is 6.79 Å². The number of carbonyl (C=O) groups is 2. The summed E-state index contributed by atoms with van der Waals surface area (Å²) >= 11 is 0. The van der Waals surface area contributed by atoms with E-state index in [1.807, 2.05) is 6.92 Å². The third-order valence-corrected chi connectivity index (χ3v) is 3.73. The number of rotatable bonds is 7. The van der Waals surface area contributed by atoms with Crippen LogP contribution in [0.15, 0.2) is 36.4 Å². The lowest BCUT2D eigenvalue weighted by Gasteiger charge is -2.09. The molecule has 2 aromatic carbocycles. The van der Waals surface area contributed by atoms with Crippen molar-refractivity contribution in [3.05, 3.63) is 58.7 Å². The summed E-state index contributed by atoms with van der Waals surface area (Å²) in [7, 11) is 1.56. The van der Waals surface area contributed by atoms with E-state index < -0.39 is 0 Å². The van der Waals surface area contributed by atoms with E-state index >= 15 is 0 Å². The summed E-state index contributed by atoms with van der Waals surface area (Å²) in [5.41, 5.74) is 2.55. The molecule has 0 atom stereocenters. The van der Waals surface area contributed by atoms with Crippen molar-refractivity contribution in [2.45, 2.75) is 27.7 Å². The Morgan fingerprint density at radius 2 is 1.38 bits per heavy atom. The lowest BCUT2D eigenvalue weighted by Crippen LogP contribution is -2.06. The molecule has 0 radical (unpaired) electrons. The lowest BCUT2D eigenvalue weighted by molar-refractivity contribution is 0.0501. The maximum absolute atomic E-state index is 11.4. The Balaban J connectivity index is 0.000000296. The van der Waals surface area contributed by atoms with Crippen molar-refractivity contribution >= 4 is 11.9 Å². The van der Waals surface area contributed by atoms with Gasteiger partial charge in [0.2, 0.25) is 0 Å². The van der Waals surface area contributed by atoms with E-state index in [1.165, 1.54) is 6.07 Å². The average Bonchev–Trinajstić information content (AvgIpc) is 2.70. The smallest absolute Gasteiger partial charge is 0.338 e. The van der Waals surface area contributed by atoms with Crippen LogP contribution in [0.3, 0.4) is 0 Å². The molecule has 0 spiro atoms. The van der Waals surface area contributed by atoms with Crippen molar-refractivity contribution < 1.29 is 33.6 Å². The molecular formula is C22H28O7. The molecule has 2 aromatic rings. The Morgan fingerprint density at radius 1 is 0.862 bits per heavy atom. The second kappa shape index (κ2) is 12.4. The van der Waals surface area contributed by atoms with Gasteiger partial charge in [0, 0.05) is 7.11 Å². The first kappa shape index (κ1) is 24.0. The molecule has 0 aliphatic carbocycles. The van der Waals surface area contributed by atoms with Gasteiger partial charge in [0.05, 0.1) is 24.3 Å². The van der Waals surface area contributed by atoms with E-state index in [9.17, 15) is 14.7 Å². The quantitative estimate of drug-likeness (QED) is 0.550. The van der Waals surface area contributed by atoms with Gasteiger partial charge in [-0.25, -0.2) is 9.59 Å². The molecule has 0 heterocycles. The van der Waals surface area contributed by atoms with Gasteiger partial charge in [0.25, 0.3) is 0 Å². The number of hydrogen-bond acceptors (Lipinski definition) is 7. The first-order valence-corrected chi connectivity index (χ1v) is 9.20. The van der Waals surface area contributed by atoms with Crippen LogP contribution in [-0.4, -0.2) is 44.2 Å². The van der Waals surface area contributed by atoms with Crippen molar-refractivity contribution in [2.24, 2.45) is 0 Å². The molecule has 7 nitrogen and oxygen atoms in total. The van der Waals surface area contributed by atoms with Gasteiger partial charge in [-0.15, -0.1) is 0 Å². The van der Waals surface area contributed by atoms with Crippen LogP contribution in [0.4, 0.5) is 0 Å². The molecule has 0 aliphatic heterocycles. The zero-order valence-corrected chi connectivity index (χ0v) is 17.5. The van der Waals surface area contributed by atoms with Crippen LogP contribution in [0, 0.1) is 13.8 Å². The van der Waals surface area contributed by atoms with Crippen molar-refractivity contribution in [2.75, 3.05) is 27.1 Å². The summed E-state index contributed by atoms with van der Waals surface area (Å²) in [6, 6.07) is 9.79. The molecule has 0 bridgehead atoms. The minimum absolute atomic E-state index is 0.188. The fraction of sp³-hybridized carbons (Fsp3) is 0.364. The van der Waals surface area contributed by atoms with Gasteiger partial charge in [-0.1, -0.05) is 0 Å². The highest BCUT2D eigenvalue weighted by Gasteiger charge is 2.09. The van der Waals surface area contributed by atoms with E-state index in [0.29, 0.717) is 35.7 Å². The second-order valence-electron chi connectivity index (χ2n) is 5.97. The van der Waals surface area contributed by atoms with E-state index in [1.54, 1.807) is 58.2 Å². The summed E-state index contributed by atoms with van der Waals surface area (Å²) in [4.78, 5) is 22.6. The maximum Gasteiger partial charge on any atom is 0.338 e. The summed E-state index contributed by atoms with van der Waals surface area (Å²) in [5, 5.41) is 9.20. The number of benzene rings is 2. The molecule has 158 valence electrons. The minimum Gasteiger partial charge on any atom is -0.508 e. The van der Waals surface area contributed by atoms with Crippen LogP contribution >= 0.6 is 0 Å². The third kappa shape index (κ3) is 7.83. The van der Waals surface area contributed by atoms with Crippen LogP contribution in [0.5, 0.6) is 11.5 Å². The summed E-state index contributed by atoms with van der Waals surface area (Å²) < 4.78 is 19.8. The first-order chi connectivity index (χ1) is 13.8. The number of phenolic OH excluding ortho intramolecular Hbond substituents is 1. The number of carbonyl (C=O) groups excluding carboxylic acids is 2. The lowest BCUT2D eigenvalue weighted by atomic mass is 10.1. The van der Waals surface area contributed by atoms with Gasteiger partial charge in [-0.05, 0) is 75.2 Å². The summed E-state index contributed by atoms with van der Waals surface area (Å²) in [5.74, 6) is 0.220. The zero-order valence-electron chi connectivity index (χ0n) is 17.5. The molecule has 0 unspecified atom stereocenters. The predicted molar refractivity (Wildman–Crippen MR) is 108 cm³/mol. The Morgan fingerprint density at radius 3 is 1.83 bits per heavy atom. The monoisotopic (exact) mass is 404 g/mol. The van der Waals surface area contributed by atoms with Gasteiger partial charge in [0.1, 0.15) is 11.5 Å². The average molecular weight is 404 g/mol. The molecule has 29 heavy (non-hydrogen) atoms. The number of phenols is 1. The molecule has 2 rings (SSSR count). The van der Waals surface area contributed by atoms with Gasteiger partial charge in [-0.2, -0.15) is 0 Å². The van der Waals surface area contributed by atoms with Gasteiger partial charge < -0.3 is 24.1 Å². The Kier molecular flexibility index (Phi) is 10.3. The molecule has 7 heteroatoms. The molecule has 0 aliphatic rings. The highest BCUT2D eigenvalue weighted by atomic mass is 16.7. The molecule has 0 aromatic heterocycles. The van der Waals surface area contributed by atoms with E-state index in [0.717, 1.165) is 5.56 Å². The third-order valence-electron chi connectivity index (χ3n) is 3.73. The maximum atomic E-state index is 11.4. The molecule has 0 fully saturated rings. The van der Waals surface area contributed by atoms with Crippen LogP contribution in [0.1, 0.15) is 45.7 Å². The van der Waals surface area contributed by atoms with Gasteiger partial charge in [-0.3, -0.25) is 0 Å². The van der Waals surface area contributed by atoms with Crippen molar-refractivity contribution in [3.63, 3.8) is 0 Å². The van der Waals surface area contributed by atoms with E-state index in [4.69, 9.17) is 18.9 Å².